The Bertz CT molecular complexity index is 1180. The molecular formula is C26H26BrFN2O5. The molecule has 4 rings (SSSR count). The molecule has 1 aliphatic heterocycles. The second-order valence-electron chi connectivity index (χ2n) is 8.42. The molecule has 2 fully saturated rings. The Labute approximate surface area is 211 Å². The van der Waals surface area contributed by atoms with Crippen molar-refractivity contribution in [2.24, 2.45) is 0 Å². The Morgan fingerprint density at radius 2 is 1.80 bits per heavy atom. The zero-order valence-electron chi connectivity index (χ0n) is 19.3. The second kappa shape index (κ2) is 11.0. The summed E-state index contributed by atoms with van der Waals surface area (Å²) in [5.41, 5.74) is 0.774. The van der Waals surface area contributed by atoms with Crippen LogP contribution in [0.2, 0.25) is 0 Å². The monoisotopic (exact) mass is 544 g/mol. The van der Waals surface area contributed by atoms with Crippen molar-refractivity contribution in [3.8, 4) is 11.5 Å². The minimum atomic E-state index is -0.739. The van der Waals surface area contributed by atoms with Crippen molar-refractivity contribution in [3.05, 3.63) is 63.4 Å². The van der Waals surface area contributed by atoms with E-state index in [0.29, 0.717) is 33.7 Å². The number of imide groups is 2. The molecule has 0 spiro atoms. The Morgan fingerprint density at radius 3 is 2.51 bits per heavy atom. The van der Waals surface area contributed by atoms with Crippen molar-refractivity contribution < 1.29 is 28.2 Å². The lowest BCUT2D eigenvalue weighted by molar-refractivity contribution is -0.132. The summed E-state index contributed by atoms with van der Waals surface area (Å²) in [6, 6.07) is 8.72. The molecule has 35 heavy (non-hydrogen) atoms. The Morgan fingerprint density at radius 1 is 1.09 bits per heavy atom. The van der Waals surface area contributed by atoms with Gasteiger partial charge >= 0.3 is 6.03 Å². The predicted octanol–water partition coefficient (Wildman–Crippen LogP) is 5.36. The summed E-state index contributed by atoms with van der Waals surface area (Å²) >= 11 is 3.47. The van der Waals surface area contributed by atoms with Crippen molar-refractivity contribution in [2.45, 2.75) is 51.7 Å². The Balaban J connectivity index is 1.63. The number of ether oxygens (including phenoxy) is 2. The molecule has 184 valence electrons. The number of barbiturate groups is 1. The van der Waals surface area contributed by atoms with Crippen LogP contribution in [0.5, 0.6) is 11.5 Å². The summed E-state index contributed by atoms with van der Waals surface area (Å²) in [6.07, 6.45) is 5.84. The van der Waals surface area contributed by atoms with E-state index in [9.17, 15) is 18.8 Å². The van der Waals surface area contributed by atoms with Gasteiger partial charge in [0.2, 0.25) is 0 Å². The van der Waals surface area contributed by atoms with Crippen LogP contribution < -0.4 is 14.8 Å². The third-order valence-corrected chi connectivity index (χ3v) is 6.76. The average Bonchev–Trinajstić information content (AvgIpc) is 2.84. The molecule has 7 nitrogen and oxygen atoms in total. The highest BCUT2D eigenvalue weighted by Gasteiger charge is 2.40. The number of nitrogens with one attached hydrogen (secondary N) is 1. The van der Waals surface area contributed by atoms with Crippen molar-refractivity contribution in [1.29, 1.82) is 0 Å². The molecule has 1 heterocycles. The van der Waals surface area contributed by atoms with Gasteiger partial charge < -0.3 is 9.47 Å². The highest BCUT2D eigenvalue weighted by Crippen LogP contribution is 2.36. The number of carbonyl (C=O) groups excluding carboxylic acids is 3. The maximum absolute atomic E-state index is 14.0. The van der Waals surface area contributed by atoms with Crippen LogP contribution in [-0.4, -0.2) is 35.4 Å². The predicted molar refractivity (Wildman–Crippen MR) is 131 cm³/mol. The molecule has 1 aliphatic carbocycles. The topological polar surface area (TPSA) is 84.9 Å². The minimum Gasteiger partial charge on any atom is -0.490 e. The first-order valence-electron chi connectivity index (χ1n) is 11.6. The first kappa shape index (κ1) is 24.9. The van der Waals surface area contributed by atoms with Crippen LogP contribution in [-0.2, 0) is 16.2 Å². The van der Waals surface area contributed by atoms with Gasteiger partial charge in [-0.05, 0) is 49.6 Å². The standard InChI is InChI=1S/C26H26BrFN2O5/c1-2-34-22-13-17(20(27)14-23(22)35-15-16-8-6-7-11-21(16)28)12-19-24(31)29-26(33)30(25(19)32)18-9-4-3-5-10-18/h6-8,11-14,18H,2-5,9-10,15H2,1H3,(H,29,31,33). The van der Waals surface area contributed by atoms with E-state index in [-0.39, 0.29) is 24.0 Å². The fourth-order valence-corrected chi connectivity index (χ4v) is 4.75. The molecule has 1 saturated heterocycles. The molecule has 0 radical (unpaired) electrons. The average molecular weight is 545 g/mol. The van der Waals surface area contributed by atoms with Gasteiger partial charge in [0.1, 0.15) is 18.0 Å². The largest absolute Gasteiger partial charge is 0.490 e. The summed E-state index contributed by atoms with van der Waals surface area (Å²) in [5.74, 6) is -0.956. The van der Waals surface area contributed by atoms with Crippen LogP contribution in [0.1, 0.15) is 50.2 Å². The zero-order valence-corrected chi connectivity index (χ0v) is 20.9. The lowest BCUT2D eigenvalue weighted by Crippen LogP contribution is -2.58. The third-order valence-electron chi connectivity index (χ3n) is 6.08. The first-order valence-corrected chi connectivity index (χ1v) is 12.4. The number of hydrogen-bond acceptors (Lipinski definition) is 5. The van der Waals surface area contributed by atoms with Gasteiger partial charge in [-0.3, -0.25) is 19.8 Å². The fraction of sp³-hybridized carbons (Fsp3) is 0.346. The van der Waals surface area contributed by atoms with Crippen LogP contribution in [0, 0.1) is 5.82 Å². The number of benzene rings is 2. The molecule has 4 amide bonds. The van der Waals surface area contributed by atoms with Gasteiger partial charge in [0.25, 0.3) is 11.8 Å². The summed E-state index contributed by atoms with van der Waals surface area (Å²) in [4.78, 5) is 39.4. The first-order chi connectivity index (χ1) is 16.9. The van der Waals surface area contributed by atoms with Crippen LogP contribution in [0.3, 0.4) is 0 Å². The minimum absolute atomic E-state index is 0.00102. The van der Waals surface area contributed by atoms with E-state index in [1.807, 2.05) is 6.92 Å². The number of amides is 4. The summed E-state index contributed by atoms with van der Waals surface area (Å²) in [6.45, 7) is 2.16. The van der Waals surface area contributed by atoms with Crippen molar-refractivity contribution in [3.63, 3.8) is 0 Å². The van der Waals surface area contributed by atoms with E-state index >= 15 is 0 Å². The lowest BCUT2D eigenvalue weighted by atomic mass is 9.93. The normalized spacial score (nSPS) is 18.1. The summed E-state index contributed by atoms with van der Waals surface area (Å²) in [7, 11) is 0. The maximum Gasteiger partial charge on any atom is 0.331 e. The van der Waals surface area contributed by atoms with Gasteiger partial charge in [-0.15, -0.1) is 0 Å². The van der Waals surface area contributed by atoms with Gasteiger partial charge in [0.15, 0.2) is 11.5 Å². The van der Waals surface area contributed by atoms with Crippen molar-refractivity contribution >= 4 is 39.9 Å². The number of halogens is 2. The smallest absolute Gasteiger partial charge is 0.331 e. The highest BCUT2D eigenvalue weighted by molar-refractivity contribution is 9.10. The number of nitrogens with zero attached hydrogens (tertiary/aromatic N) is 1. The Kier molecular flexibility index (Phi) is 7.85. The molecule has 9 heteroatoms. The van der Waals surface area contributed by atoms with Gasteiger partial charge in [-0.1, -0.05) is 53.4 Å². The molecule has 1 saturated carbocycles. The van der Waals surface area contributed by atoms with Crippen LogP contribution >= 0.6 is 15.9 Å². The molecule has 2 aliphatic rings. The molecular weight excluding hydrogens is 519 g/mol. The van der Waals surface area contributed by atoms with E-state index in [1.54, 1.807) is 30.3 Å². The van der Waals surface area contributed by atoms with Crippen LogP contribution in [0.15, 0.2) is 46.4 Å². The molecule has 0 aromatic heterocycles. The number of rotatable bonds is 7. The van der Waals surface area contributed by atoms with E-state index in [1.165, 1.54) is 17.0 Å². The van der Waals surface area contributed by atoms with Gasteiger partial charge in [0.05, 0.1) is 6.61 Å². The molecule has 0 unspecified atom stereocenters. The van der Waals surface area contributed by atoms with E-state index in [2.05, 4.69) is 21.2 Å². The molecule has 1 N–H and O–H groups in total. The quantitative estimate of drug-likeness (QED) is 0.374. The number of hydrogen-bond donors (Lipinski definition) is 1. The van der Waals surface area contributed by atoms with Gasteiger partial charge in [-0.25, -0.2) is 9.18 Å². The van der Waals surface area contributed by atoms with E-state index in [0.717, 1.165) is 32.1 Å². The van der Waals surface area contributed by atoms with Crippen molar-refractivity contribution in [2.75, 3.05) is 6.61 Å². The molecule has 2 aromatic carbocycles. The Hall–Kier alpha value is -3.20. The summed E-state index contributed by atoms with van der Waals surface area (Å²) in [5, 5.41) is 2.29. The number of urea groups is 1. The van der Waals surface area contributed by atoms with E-state index in [4.69, 9.17) is 9.47 Å². The lowest BCUT2D eigenvalue weighted by Gasteiger charge is -2.35. The van der Waals surface area contributed by atoms with E-state index < -0.39 is 17.8 Å². The maximum atomic E-state index is 14.0. The summed E-state index contributed by atoms with van der Waals surface area (Å²) < 4.78 is 26.1. The van der Waals surface area contributed by atoms with Crippen LogP contribution in [0.25, 0.3) is 6.08 Å². The highest BCUT2D eigenvalue weighted by atomic mass is 79.9. The van der Waals surface area contributed by atoms with Crippen LogP contribution in [0.4, 0.5) is 9.18 Å². The van der Waals surface area contributed by atoms with Gasteiger partial charge in [0, 0.05) is 16.1 Å². The fourth-order valence-electron chi connectivity index (χ4n) is 4.31. The second-order valence-corrected chi connectivity index (χ2v) is 9.27. The zero-order chi connectivity index (χ0) is 24.9. The van der Waals surface area contributed by atoms with Gasteiger partial charge in [-0.2, -0.15) is 0 Å². The number of carbonyl (C=O) groups is 3. The third kappa shape index (κ3) is 5.56. The van der Waals surface area contributed by atoms with Crippen molar-refractivity contribution in [1.82, 2.24) is 10.2 Å². The molecule has 2 aromatic rings. The SMILES string of the molecule is CCOc1cc(C=C2C(=O)NC(=O)N(C3CCCCC3)C2=O)c(Br)cc1OCc1ccccc1F. The molecule has 0 atom stereocenters. The molecule has 0 bridgehead atoms.